The summed E-state index contributed by atoms with van der Waals surface area (Å²) in [6, 6.07) is 10.8. The average molecular weight is 487 g/mol. The highest BCUT2D eigenvalue weighted by Crippen LogP contribution is 2.32. The number of hydrogen-bond acceptors (Lipinski definition) is 7. The number of sulfonamides is 1. The van der Waals surface area contributed by atoms with E-state index in [0.717, 1.165) is 12.8 Å². The molecule has 1 aliphatic rings. The van der Waals surface area contributed by atoms with Crippen LogP contribution in [0, 0.1) is 5.92 Å². The number of anilines is 1. The van der Waals surface area contributed by atoms with Crippen LogP contribution in [0.4, 0.5) is 5.69 Å². The highest BCUT2D eigenvalue weighted by Gasteiger charge is 2.30. The summed E-state index contributed by atoms with van der Waals surface area (Å²) in [5.41, 5.74) is -0.494. The fourth-order valence-electron chi connectivity index (χ4n) is 3.96. The Balaban J connectivity index is 1.61. The van der Waals surface area contributed by atoms with Crippen molar-refractivity contribution in [2.75, 3.05) is 32.6 Å². The Morgan fingerprint density at radius 2 is 1.76 bits per heavy atom. The second-order valence-electron chi connectivity index (χ2n) is 8.23. The van der Waals surface area contributed by atoms with E-state index in [1.807, 2.05) is 0 Å². The predicted octanol–water partition coefficient (Wildman–Crippen LogP) is 3.48. The van der Waals surface area contributed by atoms with Crippen molar-refractivity contribution in [2.45, 2.75) is 24.7 Å². The van der Waals surface area contributed by atoms with Gasteiger partial charge in [-0.05, 0) is 43.0 Å². The number of piperidine rings is 1. The van der Waals surface area contributed by atoms with Crippen LogP contribution in [-0.2, 0) is 10.0 Å². The molecule has 4 rings (SSSR count). The largest absolute Gasteiger partial charge is 0.495 e. The van der Waals surface area contributed by atoms with Crippen LogP contribution in [0.25, 0.3) is 11.0 Å². The first-order valence-electron chi connectivity index (χ1n) is 10.8. The molecule has 1 saturated heterocycles. The van der Waals surface area contributed by atoms with E-state index in [1.54, 1.807) is 18.2 Å². The summed E-state index contributed by atoms with van der Waals surface area (Å²) >= 11 is 0. The van der Waals surface area contributed by atoms with Crippen molar-refractivity contribution in [3.05, 3.63) is 58.4 Å². The molecule has 10 heteroatoms. The number of nitrogens with one attached hydrogen (secondary N) is 1. The molecule has 1 fully saturated rings. The monoisotopic (exact) mass is 486 g/mol. The molecule has 0 saturated carbocycles. The van der Waals surface area contributed by atoms with Crippen molar-refractivity contribution >= 4 is 32.6 Å². The summed E-state index contributed by atoms with van der Waals surface area (Å²) in [6.45, 7) is 3.01. The first-order chi connectivity index (χ1) is 16.2. The minimum absolute atomic E-state index is 0.0277. The molecular formula is C24H26N2O7S. The van der Waals surface area contributed by atoms with Gasteiger partial charge < -0.3 is 19.2 Å². The number of rotatable bonds is 6. The van der Waals surface area contributed by atoms with Crippen LogP contribution in [0.5, 0.6) is 11.5 Å². The molecule has 1 N–H and O–H groups in total. The zero-order valence-corrected chi connectivity index (χ0v) is 20.0. The smallest absolute Gasteiger partial charge is 0.349 e. The van der Waals surface area contributed by atoms with E-state index in [4.69, 9.17) is 13.9 Å². The van der Waals surface area contributed by atoms with Gasteiger partial charge in [0.25, 0.3) is 5.91 Å². The number of carbonyl (C=O) groups excluding carboxylic acids is 1. The maximum Gasteiger partial charge on any atom is 0.349 e. The lowest BCUT2D eigenvalue weighted by atomic mass is 10.0. The molecule has 0 radical (unpaired) electrons. The zero-order chi connectivity index (χ0) is 24.5. The van der Waals surface area contributed by atoms with Crippen LogP contribution in [-0.4, -0.2) is 45.9 Å². The predicted molar refractivity (Wildman–Crippen MR) is 127 cm³/mol. The van der Waals surface area contributed by atoms with Gasteiger partial charge >= 0.3 is 5.63 Å². The number of carbonyl (C=O) groups is 1. The van der Waals surface area contributed by atoms with E-state index >= 15 is 0 Å². The molecule has 2 heterocycles. The molecule has 9 nitrogen and oxygen atoms in total. The van der Waals surface area contributed by atoms with Crippen LogP contribution < -0.4 is 20.4 Å². The number of hydrogen-bond donors (Lipinski definition) is 1. The summed E-state index contributed by atoms with van der Waals surface area (Å²) in [6.07, 6.45) is 1.60. The number of fused-ring (bicyclic) bond motifs is 1. The lowest BCUT2D eigenvalue weighted by Gasteiger charge is -2.29. The third-order valence-corrected chi connectivity index (χ3v) is 7.91. The summed E-state index contributed by atoms with van der Waals surface area (Å²) in [5, 5.41) is 3.14. The summed E-state index contributed by atoms with van der Waals surface area (Å²) in [4.78, 5) is 25.3. The maximum atomic E-state index is 13.1. The van der Waals surface area contributed by atoms with Gasteiger partial charge in [-0.15, -0.1) is 0 Å². The summed E-state index contributed by atoms with van der Waals surface area (Å²) < 4.78 is 43.6. The van der Waals surface area contributed by atoms with Crippen LogP contribution >= 0.6 is 0 Å². The minimum atomic E-state index is -3.74. The van der Waals surface area contributed by atoms with Crippen LogP contribution in [0.15, 0.2) is 56.6 Å². The van der Waals surface area contributed by atoms with E-state index in [0.29, 0.717) is 30.1 Å². The topological polar surface area (TPSA) is 115 Å². The molecule has 3 aromatic rings. The summed E-state index contributed by atoms with van der Waals surface area (Å²) in [7, 11) is -0.923. The molecular weight excluding hydrogens is 460 g/mol. The first-order valence-corrected chi connectivity index (χ1v) is 12.3. The Morgan fingerprint density at radius 3 is 2.44 bits per heavy atom. The maximum absolute atomic E-state index is 13.1. The number of nitrogens with zero attached hydrogens (tertiary/aromatic N) is 1. The standard InChI is InChI=1S/C24H26N2O7S/c1-15-9-11-26(12-10-15)34(29,30)21-8-7-17(14-20(21)32-3)25-23(27)18-13-16-5-4-6-19(31-2)22(16)33-24(18)28/h4-8,13-15H,9-12H2,1-3H3,(H,25,27). The molecule has 1 aromatic heterocycles. The number of methoxy groups -OCH3 is 2. The number of amides is 1. The quantitative estimate of drug-likeness (QED) is 0.531. The van der Waals surface area contributed by atoms with Crippen molar-refractivity contribution in [3.63, 3.8) is 0 Å². The molecule has 180 valence electrons. The molecule has 0 unspecified atom stereocenters. The van der Waals surface area contributed by atoms with Gasteiger partial charge in [0.15, 0.2) is 11.3 Å². The Morgan fingerprint density at radius 1 is 1.06 bits per heavy atom. The van der Waals surface area contributed by atoms with E-state index in [2.05, 4.69) is 12.2 Å². The van der Waals surface area contributed by atoms with Gasteiger partial charge in [0.1, 0.15) is 16.2 Å². The van der Waals surface area contributed by atoms with E-state index < -0.39 is 21.6 Å². The molecule has 0 aliphatic carbocycles. The van der Waals surface area contributed by atoms with Crippen molar-refractivity contribution < 1.29 is 27.1 Å². The number of ether oxygens (including phenoxy) is 2. The SMILES string of the molecule is COc1cc(NC(=O)c2cc3cccc(OC)c3oc2=O)ccc1S(=O)(=O)N1CCC(C)CC1. The van der Waals surface area contributed by atoms with Gasteiger partial charge in [0, 0.05) is 30.2 Å². The fourth-order valence-corrected chi connectivity index (χ4v) is 5.56. The van der Waals surface area contributed by atoms with Crippen molar-refractivity contribution in [1.82, 2.24) is 4.31 Å². The second-order valence-corrected chi connectivity index (χ2v) is 10.1. The highest BCUT2D eigenvalue weighted by atomic mass is 32.2. The lowest BCUT2D eigenvalue weighted by Crippen LogP contribution is -2.38. The van der Waals surface area contributed by atoms with Gasteiger partial charge in [-0.2, -0.15) is 4.31 Å². The Labute approximate surface area is 197 Å². The normalized spacial score (nSPS) is 15.3. The molecule has 0 bridgehead atoms. The van der Waals surface area contributed by atoms with Gasteiger partial charge in [-0.3, -0.25) is 4.79 Å². The van der Waals surface area contributed by atoms with E-state index in [1.165, 1.54) is 42.8 Å². The molecule has 34 heavy (non-hydrogen) atoms. The highest BCUT2D eigenvalue weighted by molar-refractivity contribution is 7.89. The minimum Gasteiger partial charge on any atom is -0.495 e. The van der Waals surface area contributed by atoms with Gasteiger partial charge in [0.2, 0.25) is 10.0 Å². The van der Waals surface area contributed by atoms with E-state index in [-0.39, 0.29) is 27.5 Å². The third-order valence-electron chi connectivity index (χ3n) is 5.97. The van der Waals surface area contributed by atoms with Gasteiger partial charge in [0.05, 0.1) is 14.2 Å². The van der Waals surface area contributed by atoms with Crippen LogP contribution in [0.3, 0.4) is 0 Å². The molecule has 1 aliphatic heterocycles. The van der Waals surface area contributed by atoms with E-state index in [9.17, 15) is 18.0 Å². The van der Waals surface area contributed by atoms with Gasteiger partial charge in [-0.1, -0.05) is 19.1 Å². The van der Waals surface area contributed by atoms with Crippen LogP contribution in [0.1, 0.15) is 30.1 Å². The fraction of sp³-hybridized carbons (Fsp3) is 0.333. The number of benzene rings is 2. The second kappa shape index (κ2) is 9.47. The lowest BCUT2D eigenvalue weighted by molar-refractivity contribution is 0.102. The van der Waals surface area contributed by atoms with Crippen molar-refractivity contribution in [3.8, 4) is 11.5 Å². The molecule has 0 spiro atoms. The Hall–Kier alpha value is -3.37. The first kappa shape index (κ1) is 23.8. The number of para-hydroxylation sites is 1. The van der Waals surface area contributed by atoms with Crippen LogP contribution in [0.2, 0.25) is 0 Å². The third kappa shape index (κ3) is 4.51. The average Bonchev–Trinajstić information content (AvgIpc) is 2.83. The van der Waals surface area contributed by atoms with Crippen molar-refractivity contribution in [2.24, 2.45) is 5.92 Å². The Kier molecular flexibility index (Phi) is 6.63. The Bertz CT molecular complexity index is 1390. The summed E-state index contributed by atoms with van der Waals surface area (Å²) in [5.74, 6) is 0.277. The molecule has 2 aromatic carbocycles. The zero-order valence-electron chi connectivity index (χ0n) is 19.2. The molecule has 1 amide bonds. The molecule has 0 atom stereocenters. The van der Waals surface area contributed by atoms with Crippen molar-refractivity contribution in [1.29, 1.82) is 0 Å². The van der Waals surface area contributed by atoms with Gasteiger partial charge in [-0.25, -0.2) is 13.2 Å².